The molecule has 9 heteroatoms. The highest BCUT2D eigenvalue weighted by atomic mass is 32.2. The van der Waals surface area contributed by atoms with Gasteiger partial charge in [0, 0.05) is 29.4 Å². The summed E-state index contributed by atoms with van der Waals surface area (Å²) in [4.78, 5) is 8.48. The monoisotopic (exact) mass is 391 g/mol. The lowest BCUT2D eigenvalue weighted by molar-refractivity contribution is 0.386. The van der Waals surface area contributed by atoms with Gasteiger partial charge in [0.2, 0.25) is 10.0 Å². The minimum atomic E-state index is -3.76. The molecule has 1 aromatic carbocycles. The van der Waals surface area contributed by atoms with Crippen LogP contribution in [0.2, 0.25) is 0 Å². The first kappa shape index (κ1) is 18.3. The minimum Gasteiger partial charge on any atom is -0.497 e. The Labute approximate surface area is 155 Å². The van der Waals surface area contributed by atoms with Crippen LogP contribution in [0.25, 0.3) is 11.3 Å². The first-order valence-electron chi connectivity index (χ1n) is 7.60. The first-order valence-corrected chi connectivity index (χ1v) is 9.96. The third-order valence-corrected chi connectivity index (χ3v) is 5.89. The highest BCUT2D eigenvalue weighted by Gasteiger charge is 2.20. The molecule has 3 rings (SSSR count). The molecule has 2 heterocycles. The van der Waals surface area contributed by atoms with Crippen LogP contribution < -0.4 is 14.2 Å². The number of hydrogen-bond acceptors (Lipinski definition) is 7. The zero-order valence-electron chi connectivity index (χ0n) is 14.2. The van der Waals surface area contributed by atoms with Crippen molar-refractivity contribution in [1.29, 1.82) is 0 Å². The molecular formula is C17H17N3O4S2. The summed E-state index contributed by atoms with van der Waals surface area (Å²) in [5, 5.41) is 2.54. The highest BCUT2D eigenvalue weighted by molar-refractivity contribution is 7.89. The molecule has 0 atom stereocenters. The molecule has 0 spiro atoms. The van der Waals surface area contributed by atoms with Crippen LogP contribution in [0.15, 0.2) is 53.0 Å². The van der Waals surface area contributed by atoms with Crippen molar-refractivity contribution in [2.45, 2.75) is 11.4 Å². The molecule has 0 radical (unpaired) electrons. The Balaban J connectivity index is 1.76. The summed E-state index contributed by atoms with van der Waals surface area (Å²) >= 11 is 1.39. The van der Waals surface area contributed by atoms with Crippen molar-refractivity contribution >= 4 is 21.4 Å². The summed E-state index contributed by atoms with van der Waals surface area (Å²) in [7, 11) is -0.839. The van der Waals surface area contributed by atoms with Gasteiger partial charge in [-0.2, -0.15) is 0 Å². The number of rotatable bonds is 7. The fraction of sp³-hybridized carbons (Fsp3) is 0.176. The fourth-order valence-corrected chi connectivity index (χ4v) is 4.25. The average molecular weight is 391 g/mol. The van der Waals surface area contributed by atoms with Crippen LogP contribution in [0.1, 0.15) is 5.01 Å². The van der Waals surface area contributed by atoms with E-state index in [1.54, 1.807) is 18.5 Å². The van der Waals surface area contributed by atoms with E-state index < -0.39 is 10.0 Å². The third-order valence-electron chi connectivity index (χ3n) is 3.60. The molecule has 0 saturated heterocycles. The van der Waals surface area contributed by atoms with E-state index >= 15 is 0 Å². The Bertz CT molecular complexity index is 988. The zero-order valence-corrected chi connectivity index (χ0v) is 15.8. The Morgan fingerprint density at radius 3 is 2.58 bits per heavy atom. The Morgan fingerprint density at radius 1 is 1.12 bits per heavy atom. The van der Waals surface area contributed by atoms with Gasteiger partial charge in [-0.3, -0.25) is 4.98 Å². The quantitative estimate of drug-likeness (QED) is 0.666. The molecule has 0 unspecified atom stereocenters. The summed E-state index contributed by atoms with van der Waals surface area (Å²) in [5.74, 6) is 0.733. The molecule has 0 fully saturated rings. The standard InChI is InChI=1S/C17H17N3O4S2/c1-23-13-3-4-16(15(9-13)24-2)26(21,22)19-10-17-20-14(11-25-17)12-5-7-18-8-6-12/h3-9,11,19H,10H2,1-2H3. The van der Waals surface area contributed by atoms with Gasteiger partial charge in [-0.15, -0.1) is 11.3 Å². The van der Waals surface area contributed by atoms with Crippen molar-refractivity contribution in [2.24, 2.45) is 0 Å². The number of methoxy groups -OCH3 is 2. The maximum absolute atomic E-state index is 12.6. The van der Waals surface area contributed by atoms with E-state index in [1.807, 2.05) is 17.5 Å². The van der Waals surface area contributed by atoms with Crippen molar-refractivity contribution in [2.75, 3.05) is 14.2 Å². The van der Waals surface area contributed by atoms with Crippen LogP contribution >= 0.6 is 11.3 Å². The van der Waals surface area contributed by atoms with Crippen LogP contribution in [0.3, 0.4) is 0 Å². The number of ether oxygens (including phenoxy) is 2. The predicted molar refractivity (Wildman–Crippen MR) is 98.9 cm³/mol. The van der Waals surface area contributed by atoms with Gasteiger partial charge < -0.3 is 9.47 Å². The van der Waals surface area contributed by atoms with Gasteiger partial charge in [-0.1, -0.05) is 0 Å². The number of benzene rings is 1. The average Bonchev–Trinajstić information content (AvgIpc) is 3.16. The topological polar surface area (TPSA) is 90.4 Å². The SMILES string of the molecule is COc1ccc(S(=O)(=O)NCc2nc(-c3ccncc3)cs2)c(OC)c1. The molecule has 26 heavy (non-hydrogen) atoms. The lowest BCUT2D eigenvalue weighted by Crippen LogP contribution is -2.23. The van der Waals surface area contributed by atoms with E-state index in [0.717, 1.165) is 11.3 Å². The summed E-state index contributed by atoms with van der Waals surface area (Å²) in [6.45, 7) is 0.0905. The number of thiazole rings is 1. The van der Waals surface area contributed by atoms with Gasteiger partial charge in [0.15, 0.2) is 0 Å². The largest absolute Gasteiger partial charge is 0.497 e. The van der Waals surface area contributed by atoms with Gasteiger partial charge in [-0.05, 0) is 24.3 Å². The Morgan fingerprint density at radius 2 is 1.88 bits per heavy atom. The van der Waals surface area contributed by atoms with E-state index in [1.165, 1.54) is 37.7 Å². The van der Waals surface area contributed by atoms with Crippen molar-refractivity contribution in [3.63, 3.8) is 0 Å². The highest BCUT2D eigenvalue weighted by Crippen LogP contribution is 2.28. The zero-order chi connectivity index (χ0) is 18.6. The second-order valence-electron chi connectivity index (χ2n) is 5.20. The fourth-order valence-electron chi connectivity index (χ4n) is 2.28. The molecule has 2 aromatic heterocycles. The molecule has 1 N–H and O–H groups in total. The second kappa shape index (κ2) is 7.81. The Hall–Kier alpha value is -2.49. The maximum atomic E-state index is 12.6. The van der Waals surface area contributed by atoms with E-state index in [0.29, 0.717) is 10.8 Å². The molecule has 0 aliphatic carbocycles. The number of pyridine rings is 1. The summed E-state index contributed by atoms with van der Waals surface area (Å²) in [6.07, 6.45) is 3.38. The molecule has 7 nitrogen and oxygen atoms in total. The number of nitrogens with one attached hydrogen (secondary N) is 1. The molecule has 3 aromatic rings. The molecule has 0 saturated carbocycles. The van der Waals surface area contributed by atoms with Gasteiger partial charge in [0.1, 0.15) is 21.4 Å². The number of hydrogen-bond donors (Lipinski definition) is 1. The predicted octanol–water partition coefficient (Wildman–Crippen LogP) is 2.70. The van der Waals surface area contributed by atoms with E-state index in [2.05, 4.69) is 14.7 Å². The van der Waals surface area contributed by atoms with Gasteiger partial charge in [-0.25, -0.2) is 18.1 Å². The van der Waals surface area contributed by atoms with Gasteiger partial charge in [0.05, 0.1) is 26.5 Å². The van der Waals surface area contributed by atoms with Crippen LogP contribution in [0.5, 0.6) is 11.5 Å². The van der Waals surface area contributed by atoms with E-state index in [9.17, 15) is 8.42 Å². The van der Waals surface area contributed by atoms with E-state index in [4.69, 9.17) is 9.47 Å². The van der Waals surface area contributed by atoms with Crippen molar-refractivity contribution in [3.8, 4) is 22.8 Å². The molecule has 0 bridgehead atoms. The van der Waals surface area contributed by atoms with Crippen molar-refractivity contribution in [3.05, 3.63) is 53.1 Å². The second-order valence-corrected chi connectivity index (χ2v) is 7.88. The van der Waals surface area contributed by atoms with Crippen LogP contribution in [-0.2, 0) is 16.6 Å². The summed E-state index contributed by atoms with van der Waals surface area (Å²) in [6, 6.07) is 8.25. The lowest BCUT2D eigenvalue weighted by atomic mass is 10.2. The van der Waals surface area contributed by atoms with E-state index in [-0.39, 0.29) is 17.2 Å². The first-order chi connectivity index (χ1) is 12.5. The molecular weight excluding hydrogens is 374 g/mol. The molecule has 0 aliphatic heterocycles. The molecule has 0 amide bonds. The number of aromatic nitrogens is 2. The molecule has 0 aliphatic rings. The Kier molecular flexibility index (Phi) is 5.50. The van der Waals surface area contributed by atoms with Crippen molar-refractivity contribution < 1.29 is 17.9 Å². The lowest BCUT2D eigenvalue weighted by Gasteiger charge is -2.11. The smallest absolute Gasteiger partial charge is 0.244 e. The number of sulfonamides is 1. The van der Waals surface area contributed by atoms with Crippen LogP contribution in [0, 0.1) is 0 Å². The van der Waals surface area contributed by atoms with Crippen molar-refractivity contribution in [1.82, 2.24) is 14.7 Å². The van der Waals surface area contributed by atoms with Gasteiger partial charge >= 0.3 is 0 Å². The van der Waals surface area contributed by atoms with Gasteiger partial charge in [0.25, 0.3) is 0 Å². The summed E-state index contributed by atoms with van der Waals surface area (Å²) < 4.78 is 38.0. The third kappa shape index (κ3) is 4.01. The normalized spacial score (nSPS) is 11.3. The van der Waals surface area contributed by atoms with Crippen LogP contribution in [-0.4, -0.2) is 32.6 Å². The maximum Gasteiger partial charge on any atom is 0.244 e. The summed E-state index contributed by atoms with van der Waals surface area (Å²) in [5.41, 5.74) is 1.72. The van der Waals surface area contributed by atoms with Crippen LogP contribution in [0.4, 0.5) is 0 Å². The minimum absolute atomic E-state index is 0.0479. The molecule has 136 valence electrons. The number of nitrogens with zero attached hydrogens (tertiary/aromatic N) is 2.